The molecule has 1 aliphatic heterocycles. The van der Waals surface area contributed by atoms with E-state index in [1.54, 1.807) is 10.4 Å². The lowest BCUT2D eigenvalue weighted by molar-refractivity contribution is 0.227. The number of rotatable bonds is 5. The van der Waals surface area contributed by atoms with Gasteiger partial charge in [0, 0.05) is 18.0 Å². The van der Waals surface area contributed by atoms with E-state index in [2.05, 4.69) is 13.8 Å². The number of hydrogen-bond acceptors (Lipinski definition) is 4. The summed E-state index contributed by atoms with van der Waals surface area (Å²) in [6.07, 6.45) is 2.69. The summed E-state index contributed by atoms with van der Waals surface area (Å²) in [6.45, 7) is 6.28. The zero-order chi connectivity index (χ0) is 14.8. The Morgan fingerprint density at radius 2 is 2.00 bits per heavy atom. The van der Waals surface area contributed by atoms with Crippen LogP contribution in [-0.4, -0.2) is 32.4 Å². The average molecular weight is 316 g/mol. The van der Waals surface area contributed by atoms with Gasteiger partial charge >= 0.3 is 0 Å². The normalized spacial score (nSPS) is 18.8. The van der Waals surface area contributed by atoms with Gasteiger partial charge in [-0.15, -0.1) is 11.3 Å². The number of nitrogens with two attached hydrogens (primary N) is 1. The fourth-order valence-electron chi connectivity index (χ4n) is 2.68. The van der Waals surface area contributed by atoms with Crippen molar-refractivity contribution in [2.45, 2.75) is 37.3 Å². The lowest BCUT2D eigenvalue weighted by Gasteiger charge is -2.32. The molecule has 0 saturated carbocycles. The predicted molar refractivity (Wildman–Crippen MR) is 83.4 cm³/mol. The third-order valence-corrected chi connectivity index (χ3v) is 7.57. The van der Waals surface area contributed by atoms with Gasteiger partial charge in [0.15, 0.2) is 0 Å². The maximum atomic E-state index is 12.6. The molecule has 2 N–H and O–H groups in total. The molecular formula is C14H24N2O2S2. The topological polar surface area (TPSA) is 63.4 Å². The SMILES string of the molecule is CC(C)C1CCN(S(=O)(=O)c2ccc(CCN)s2)CC1. The molecule has 0 radical (unpaired) electrons. The van der Waals surface area contributed by atoms with Gasteiger partial charge in [-0.25, -0.2) is 8.42 Å². The molecule has 2 rings (SSSR count). The number of sulfonamides is 1. The quantitative estimate of drug-likeness (QED) is 0.906. The van der Waals surface area contributed by atoms with Gasteiger partial charge in [0.05, 0.1) is 0 Å². The Hall–Kier alpha value is -0.430. The van der Waals surface area contributed by atoms with E-state index in [1.807, 2.05) is 6.07 Å². The van der Waals surface area contributed by atoms with E-state index in [4.69, 9.17) is 5.73 Å². The molecule has 6 heteroatoms. The first-order valence-corrected chi connectivity index (χ1v) is 9.49. The van der Waals surface area contributed by atoms with E-state index in [0.717, 1.165) is 24.1 Å². The summed E-state index contributed by atoms with van der Waals surface area (Å²) in [6, 6.07) is 3.60. The highest BCUT2D eigenvalue weighted by molar-refractivity contribution is 7.91. The number of thiophene rings is 1. The van der Waals surface area contributed by atoms with Crippen molar-refractivity contribution in [2.75, 3.05) is 19.6 Å². The van der Waals surface area contributed by atoms with Crippen molar-refractivity contribution >= 4 is 21.4 Å². The van der Waals surface area contributed by atoms with Crippen LogP contribution in [0.2, 0.25) is 0 Å². The second-order valence-corrected chi connectivity index (χ2v) is 9.08. The van der Waals surface area contributed by atoms with Crippen LogP contribution in [0.15, 0.2) is 16.3 Å². The van der Waals surface area contributed by atoms with Gasteiger partial charge in [0.25, 0.3) is 10.0 Å². The van der Waals surface area contributed by atoms with Gasteiger partial charge in [0.2, 0.25) is 0 Å². The van der Waals surface area contributed by atoms with Gasteiger partial charge in [-0.3, -0.25) is 0 Å². The molecular weight excluding hydrogens is 292 g/mol. The van der Waals surface area contributed by atoms with E-state index < -0.39 is 10.0 Å². The third-order valence-electron chi connectivity index (χ3n) is 4.06. The molecule has 20 heavy (non-hydrogen) atoms. The first kappa shape index (κ1) is 15.9. The molecule has 114 valence electrons. The smallest absolute Gasteiger partial charge is 0.252 e. The zero-order valence-electron chi connectivity index (χ0n) is 12.2. The minimum absolute atomic E-state index is 0.462. The predicted octanol–water partition coefficient (Wildman–Crippen LogP) is 2.31. The molecule has 1 fully saturated rings. The van der Waals surface area contributed by atoms with Crippen LogP contribution < -0.4 is 5.73 Å². The summed E-state index contributed by atoms with van der Waals surface area (Å²) in [5, 5.41) is 0. The Labute approximate surface area is 126 Å². The average Bonchev–Trinajstić information content (AvgIpc) is 2.88. The van der Waals surface area contributed by atoms with Crippen molar-refractivity contribution in [1.82, 2.24) is 4.31 Å². The lowest BCUT2D eigenvalue weighted by Crippen LogP contribution is -2.39. The maximum Gasteiger partial charge on any atom is 0.252 e. The molecule has 0 amide bonds. The summed E-state index contributed by atoms with van der Waals surface area (Å²) < 4.78 is 27.3. The van der Waals surface area contributed by atoms with Crippen LogP contribution >= 0.6 is 11.3 Å². The molecule has 0 aromatic carbocycles. The Kier molecular flexibility index (Phi) is 5.23. The minimum atomic E-state index is -3.30. The highest BCUT2D eigenvalue weighted by Crippen LogP contribution is 2.30. The molecule has 1 aromatic rings. The molecule has 0 spiro atoms. The minimum Gasteiger partial charge on any atom is -0.330 e. The second kappa shape index (κ2) is 6.56. The van der Waals surface area contributed by atoms with Crippen LogP contribution in [0.1, 0.15) is 31.6 Å². The molecule has 0 aliphatic carbocycles. The maximum absolute atomic E-state index is 12.6. The Balaban J connectivity index is 2.07. The second-order valence-electron chi connectivity index (χ2n) is 5.74. The van der Waals surface area contributed by atoms with Gasteiger partial charge in [-0.05, 0) is 49.8 Å². The van der Waals surface area contributed by atoms with Crippen molar-refractivity contribution < 1.29 is 8.42 Å². The van der Waals surface area contributed by atoms with Crippen molar-refractivity contribution in [3.8, 4) is 0 Å². The lowest BCUT2D eigenvalue weighted by atomic mass is 9.87. The summed E-state index contributed by atoms with van der Waals surface area (Å²) in [7, 11) is -3.30. The van der Waals surface area contributed by atoms with Gasteiger partial charge in [-0.2, -0.15) is 4.31 Å². The molecule has 1 saturated heterocycles. The Morgan fingerprint density at radius 3 is 2.55 bits per heavy atom. The van der Waals surface area contributed by atoms with Gasteiger partial charge in [-0.1, -0.05) is 13.8 Å². The third kappa shape index (κ3) is 3.42. The summed E-state index contributed by atoms with van der Waals surface area (Å²) in [5.41, 5.74) is 5.51. The van der Waals surface area contributed by atoms with E-state index in [9.17, 15) is 8.42 Å². The van der Waals surface area contributed by atoms with Crippen LogP contribution in [0.3, 0.4) is 0 Å². The van der Waals surface area contributed by atoms with Crippen molar-refractivity contribution in [3.63, 3.8) is 0 Å². The zero-order valence-corrected chi connectivity index (χ0v) is 13.8. The summed E-state index contributed by atoms with van der Waals surface area (Å²) in [4.78, 5) is 1.04. The van der Waals surface area contributed by atoms with Crippen molar-refractivity contribution in [1.29, 1.82) is 0 Å². The van der Waals surface area contributed by atoms with Crippen molar-refractivity contribution in [3.05, 3.63) is 17.0 Å². The number of nitrogens with zero attached hydrogens (tertiary/aromatic N) is 1. The molecule has 1 aliphatic rings. The van der Waals surface area contributed by atoms with E-state index >= 15 is 0 Å². The fourth-order valence-corrected chi connectivity index (χ4v) is 5.68. The van der Waals surface area contributed by atoms with E-state index in [1.165, 1.54) is 11.3 Å². The van der Waals surface area contributed by atoms with Gasteiger partial charge in [0.1, 0.15) is 4.21 Å². The van der Waals surface area contributed by atoms with E-state index in [0.29, 0.717) is 35.7 Å². The summed E-state index contributed by atoms with van der Waals surface area (Å²) >= 11 is 1.36. The van der Waals surface area contributed by atoms with E-state index in [-0.39, 0.29) is 0 Å². The van der Waals surface area contributed by atoms with Crippen LogP contribution in [0.5, 0.6) is 0 Å². The highest BCUT2D eigenvalue weighted by atomic mass is 32.2. The number of hydrogen-bond donors (Lipinski definition) is 1. The molecule has 4 nitrogen and oxygen atoms in total. The highest BCUT2D eigenvalue weighted by Gasteiger charge is 2.31. The van der Waals surface area contributed by atoms with Crippen LogP contribution in [0, 0.1) is 11.8 Å². The van der Waals surface area contributed by atoms with Gasteiger partial charge < -0.3 is 5.73 Å². The van der Waals surface area contributed by atoms with Crippen LogP contribution in [0.25, 0.3) is 0 Å². The molecule has 0 unspecified atom stereocenters. The molecule has 2 heterocycles. The standard InChI is InChI=1S/C14H24N2O2S2/c1-11(2)12-6-9-16(10-7-12)20(17,18)14-4-3-13(19-14)5-8-15/h3-4,11-12H,5-10,15H2,1-2H3. The van der Waals surface area contributed by atoms with Crippen LogP contribution in [-0.2, 0) is 16.4 Å². The first-order chi connectivity index (χ1) is 9.45. The van der Waals surface area contributed by atoms with Crippen LogP contribution in [0.4, 0.5) is 0 Å². The largest absolute Gasteiger partial charge is 0.330 e. The fraction of sp³-hybridized carbons (Fsp3) is 0.714. The Morgan fingerprint density at radius 1 is 1.35 bits per heavy atom. The first-order valence-electron chi connectivity index (χ1n) is 7.24. The van der Waals surface area contributed by atoms with Crippen molar-refractivity contribution in [2.24, 2.45) is 17.6 Å². The number of piperidine rings is 1. The Bertz CT molecular complexity index is 529. The monoisotopic (exact) mass is 316 g/mol. The summed E-state index contributed by atoms with van der Waals surface area (Å²) in [5.74, 6) is 1.29. The molecule has 0 bridgehead atoms. The molecule has 1 aromatic heterocycles. The molecule has 0 atom stereocenters.